The number of aliphatic hydroxyl groups is 1. The van der Waals surface area contributed by atoms with Gasteiger partial charge in [-0.3, -0.25) is 0 Å². The predicted octanol–water partition coefficient (Wildman–Crippen LogP) is 1.90. The van der Waals surface area contributed by atoms with Crippen LogP contribution in [0.5, 0.6) is 0 Å². The van der Waals surface area contributed by atoms with Crippen LogP contribution in [-0.4, -0.2) is 44.8 Å². The summed E-state index contributed by atoms with van der Waals surface area (Å²) in [7, 11) is 0. The quantitative estimate of drug-likeness (QED) is 0.896. The van der Waals surface area contributed by atoms with E-state index in [1.54, 1.807) is 12.1 Å². The molecule has 1 saturated heterocycles. The second-order valence-corrected chi connectivity index (χ2v) is 6.49. The number of aromatic carboxylic acids is 1. The summed E-state index contributed by atoms with van der Waals surface area (Å²) < 4.78 is 0. The molecule has 4 rings (SSSR count). The van der Waals surface area contributed by atoms with Crippen LogP contribution >= 0.6 is 0 Å². The molecule has 6 nitrogen and oxygen atoms in total. The number of hydrogen-bond acceptors (Lipinski definition) is 5. The van der Waals surface area contributed by atoms with Gasteiger partial charge >= 0.3 is 5.97 Å². The van der Waals surface area contributed by atoms with Crippen molar-refractivity contribution in [3.05, 3.63) is 41.1 Å². The van der Waals surface area contributed by atoms with Crippen LogP contribution in [-0.2, 0) is 12.8 Å². The van der Waals surface area contributed by atoms with Crippen LogP contribution in [0, 0.1) is 0 Å². The summed E-state index contributed by atoms with van der Waals surface area (Å²) in [5.74, 6) is -0.274. The summed E-state index contributed by atoms with van der Waals surface area (Å²) in [6.45, 7) is 2.52. The molecule has 2 aromatic rings. The lowest BCUT2D eigenvalue weighted by Crippen LogP contribution is -2.59. The zero-order valence-corrected chi connectivity index (χ0v) is 13.4. The van der Waals surface area contributed by atoms with Crippen molar-refractivity contribution in [1.29, 1.82) is 0 Å². The molecule has 0 amide bonds. The minimum absolute atomic E-state index is 0.0201. The molecule has 1 aromatic carbocycles. The van der Waals surface area contributed by atoms with E-state index < -0.39 is 5.97 Å². The number of nitrogens with zero attached hydrogens (tertiary/aromatic N) is 3. The Morgan fingerprint density at radius 1 is 1.21 bits per heavy atom. The largest absolute Gasteiger partial charge is 0.478 e. The number of carboxylic acids is 1. The molecule has 124 valence electrons. The maximum Gasteiger partial charge on any atom is 0.335 e. The Kier molecular flexibility index (Phi) is 3.49. The van der Waals surface area contributed by atoms with Gasteiger partial charge in [-0.1, -0.05) is 12.1 Å². The molecule has 24 heavy (non-hydrogen) atoms. The second-order valence-electron chi connectivity index (χ2n) is 6.49. The molecule has 1 aliphatic heterocycles. The van der Waals surface area contributed by atoms with Gasteiger partial charge in [0.15, 0.2) is 0 Å². The molecular weight excluding hydrogens is 306 g/mol. The average molecular weight is 325 g/mol. The lowest BCUT2D eigenvalue weighted by molar-refractivity contribution is 0.0697. The van der Waals surface area contributed by atoms with E-state index in [1.807, 2.05) is 24.0 Å². The second kappa shape index (κ2) is 5.56. The number of carboxylic acid groups (broad SMARTS) is 1. The summed E-state index contributed by atoms with van der Waals surface area (Å²) in [5.41, 5.74) is 4.30. The maximum atomic E-state index is 11.0. The van der Waals surface area contributed by atoms with Crippen LogP contribution < -0.4 is 4.90 Å². The smallest absolute Gasteiger partial charge is 0.335 e. The molecule has 6 heteroatoms. The Balaban J connectivity index is 1.77. The average Bonchev–Trinajstić information content (AvgIpc) is 3.07. The highest BCUT2D eigenvalue weighted by molar-refractivity contribution is 5.88. The Hall–Kier alpha value is -2.47. The van der Waals surface area contributed by atoms with Gasteiger partial charge in [0, 0.05) is 23.4 Å². The summed E-state index contributed by atoms with van der Waals surface area (Å²) in [6.07, 6.45) is 2.62. The highest BCUT2D eigenvalue weighted by Crippen LogP contribution is 2.34. The van der Waals surface area contributed by atoms with Crippen molar-refractivity contribution < 1.29 is 15.0 Å². The number of fused-ring (bicyclic) bond motifs is 1. The van der Waals surface area contributed by atoms with Gasteiger partial charge in [-0.2, -0.15) is 0 Å². The molecule has 1 fully saturated rings. The van der Waals surface area contributed by atoms with E-state index in [0.29, 0.717) is 12.5 Å². The van der Waals surface area contributed by atoms with Gasteiger partial charge in [0.25, 0.3) is 0 Å². The number of hydrogen-bond donors (Lipinski definition) is 2. The van der Waals surface area contributed by atoms with Crippen molar-refractivity contribution in [2.45, 2.75) is 38.3 Å². The molecule has 0 bridgehead atoms. The van der Waals surface area contributed by atoms with Crippen molar-refractivity contribution >= 4 is 11.9 Å². The normalized spacial score (nSPS) is 22.2. The highest BCUT2D eigenvalue weighted by atomic mass is 16.4. The van der Waals surface area contributed by atoms with Gasteiger partial charge in [-0.15, -0.1) is 0 Å². The highest BCUT2D eigenvalue weighted by Gasteiger charge is 2.36. The van der Waals surface area contributed by atoms with Gasteiger partial charge in [-0.05, 0) is 38.3 Å². The standard InChI is InChI=1S/C18H19N3O3/c1-10-15(22)9-21(10)18-19-14-4-2-3-13(14)16(20-18)11-5-7-12(8-6-11)17(23)24/h5-8,10,15,22H,2-4,9H2,1H3,(H,23,24)/t10-,15+/m0/s1. The molecule has 2 aliphatic rings. The third kappa shape index (κ3) is 2.34. The monoisotopic (exact) mass is 325 g/mol. The van der Waals surface area contributed by atoms with Gasteiger partial charge in [0.05, 0.1) is 23.4 Å². The number of rotatable bonds is 3. The van der Waals surface area contributed by atoms with E-state index in [4.69, 9.17) is 15.1 Å². The first kappa shape index (κ1) is 15.1. The molecule has 0 unspecified atom stereocenters. The molecule has 2 N–H and O–H groups in total. The van der Waals surface area contributed by atoms with E-state index in [2.05, 4.69) is 0 Å². The van der Waals surface area contributed by atoms with Crippen molar-refractivity contribution in [1.82, 2.24) is 9.97 Å². The number of β-amino-alcohol motifs (C(OH)–C–C–N with tert-alkyl or cyclic N) is 1. The van der Waals surface area contributed by atoms with Crippen LogP contribution in [0.3, 0.4) is 0 Å². The summed E-state index contributed by atoms with van der Waals surface area (Å²) in [6, 6.07) is 6.85. The molecule has 0 spiro atoms. The Labute approximate surface area is 139 Å². The molecule has 2 heterocycles. The van der Waals surface area contributed by atoms with Gasteiger partial charge in [0.1, 0.15) is 0 Å². The first-order valence-electron chi connectivity index (χ1n) is 8.23. The number of carbonyl (C=O) groups is 1. The first-order valence-corrected chi connectivity index (χ1v) is 8.23. The fraction of sp³-hybridized carbons (Fsp3) is 0.389. The Morgan fingerprint density at radius 3 is 2.58 bits per heavy atom. The van der Waals surface area contributed by atoms with Crippen molar-refractivity contribution in [3.8, 4) is 11.3 Å². The zero-order valence-electron chi connectivity index (χ0n) is 13.4. The van der Waals surface area contributed by atoms with Crippen LogP contribution in [0.2, 0.25) is 0 Å². The summed E-state index contributed by atoms with van der Waals surface area (Å²) >= 11 is 0. The van der Waals surface area contributed by atoms with Gasteiger partial charge in [0.2, 0.25) is 5.95 Å². The fourth-order valence-electron chi connectivity index (χ4n) is 3.41. The minimum atomic E-state index is -0.932. The lowest BCUT2D eigenvalue weighted by atomic mass is 10.0. The summed E-state index contributed by atoms with van der Waals surface area (Å²) in [4.78, 5) is 22.5. The van der Waals surface area contributed by atoms with Crippen molar-refractivity contribution in [3.63, 3.8) is 0 Å². The number of anilines is 1. The molecule has 2 atom stereocenters. The number of aryl methyl sites for hydroxylation is 1. The number of benzene rings is 1. The van der Waals surface area contributed by atoms with E-state index in [9.17, 15) is 9.90 Å². The predicted molar refractivity (Wildman–Crippen MR) is 89.3 cm³/mol. The first-order chi connectivity index (χ1) is 11.5. The van der Waals surface area contributed by atoms with Crippen LogP contribution in [0.4, 0.5) is 5.95 Å². The van der Waals surface area contributed by atoms with E-state index in [0.717, 1.165) is 41.8 Å². The maximum absolute atomic E-state index is 11.0. The van der Waals surface area contributed by atoms with Gasteiger partial charge in [-0.25, -0.2) is 14.8 Å². The lowest BCUT2D eigenvalue weighted by Gasteiger charge is -2.43. The van der Waals surface area contributed by atoms with Crippen molar-refractivity contribution in [2.75, 3.05) is 11.4 Å². The van der Waals surface area contributed by atoms with Crippen LogP contribution in [0.1, 0.15) is 35.0 Å². The molecule has 0 saturated carbocycles. The molecule has 1 aromatic heterocycles. The third-order valence-corrected chi connectivity index (χ3v) is 5.02. The molecule has 0 radical (unpaired) electrons. The van der Waals surface area contributed by atoms with Crippen LogP contribution in [0.15, 0.2) is 24.3 Å². The van der Waals surface area contributed by atoms with E-state index >= 15 is 0 Å². The number of aliphatic hydroxyl groups excluding tert-OH is 1. The van der Waals surface area contributed by atoms with E-state index in [1.165, 1.54) is 0 Å². The molecule has 1 aliphatic carbocycles. The topological polar surface area (TPSA) is 86.5 Å². The Bertz CT molecular complexity index is 804. The fourth-order valence-corrected chi connectivity index (χ4v) is 3.41. The van der Waals surface area contributed by atoms with Gasteiger partial charge < -0.3 is 15.1 Å². The third-order valence-electron chi connectivity index (χ3n) is 5.02. The summed E-state index contributed by atoms with van der Waals surface area (Å²) in [5, 5.41) is 18.8. The molecular formula is C18H19N3O3. The minimum Gasteiger partial charge on any atom is -0.478 e. The van der Waals surface area contributed by atoms with Crippen molar-refractivity contribution in [2.24, 2.45) is 0 Å². The Morgan fingerprint density at radius 2 is 1.96 bits per heavy atom. The van der Waals surface area contributed by atoms with E-state index in [-0.39, 0.29) is 17.7 Å². The van der Waals surface area contributed by atoms with Crippen LogP contribution in [0.25, 0.3) is 11.3 Å². The SMILES string of the molecule is C[C@H]1[C@H](O)CN1c1nc2c(c(-c3ccc(C(=O)O)cc3)n1)CCC2. The number of aromatic nitrogens is 2. The zero-order chi connectivity index (χ0) is 16.8.